The third-order valence-corrected chi connectivity index (χ3v) is 5.84. The number of amides is 2. The molecular weight excluding hydrogens is 408 g/mol. The van der Waals surface area contributed by atoms with Crippen molar-refractivity contribution in [2.24, 2.45) is 5.92 Å². The van der Waals surface area contributed by atoms with Crippen molar-refractivity contribution >= 4 is 11.8 Å². The van der Waals surface area contributed by atoms with Crippen LogP contribution in [0.25, 0.3) is 0 Å². The summed E-state index contributed by atoms with van der Waals surface area (Å²) in [5.74, 6) is 0.567. The van der Waals surface area contributed by atoms with Crippen molar-refractivity contribution in [1.29, 1.82) is 0 Å². The number of piperidine rings is 1. The fraction of sp³-hybridized carbons (Fsp3) is 0.458. The highest BCUT2D eigenvalue weighted by molar-refractivity contribution is 5.99. The highest BCUT2D eigenvalue weighted by atomic mass is 16.5. The van der Waals surface area contributed by atoms with Crippen molar-refractivity contribution in [2.45, 2.75) is 32.2 Å². The molecule has 1 aromatic heterocycles. The molecule has 0 spiro atoms. The number of methoxy groups -OCH3 is 1. The normalized spacial score (nSPS) is 14.1. The highest BCUT2D eigenvalue weighted by Crippen LogP contribution is 2.17. The Kier molecular flexibility index (Phi) is 8.44. The summed E-state index contributed by atoms with van der Waals surface area (Å²) < 4.78 is 6.64. The van der Waals surface area contributed by atoms with Gasteiger partial charge in [0.1, 0.15) is 11.3 Å². The number of nitrogens with one attached hydrogen (secondary N) is 3. The average Bonchev–Trinajstić information content (AvgIpc) is 2.83. The minimum absolute atomic E-state index is 0.0576. The standard InChI is InChI=1S/C24H32N4O4/c1-25-23(30)21-14-19(22(29)27-10-4-6-17-8-11-26-12-9-17)16-28(24(21)31)15-18-5-3-7-20(13-18)32-2/h3,5,7,13-14,16-17,26H,4,6,8-12,15H2,1-2H3,(H,25,30)(H,27,29). The van der Waals surface area contributed by atoms with E-state index in [-0.39, 0.29) is 23.6 Å². The van der Waals surface area contributed by atoms with Crippen LogP contribution < -0.4 is 26.2 Å². The van der Waals surface area contributed by atoms with E-state index in [2.05, 4.69) is 16.0 Å². The van der Waals surface area contributed by atoms with E-state index >= 15 is 0 Å². The molecule has 8 heteroatoms. The SMILES string of the molecule is CNC(=O)c1cc(C(=O)NCCCC2CCNCC2)cn(Cc2cccc(OC)c2)c1=O. The first kappa shape index (κ1) is 23.5. The number of carbonyl (C=O) groups is 2. The number of carbonyl (C=O) groups excluding carboxylic acids is 2. The fourth-order valence-corrected chi connectivity index (χ4v) is 4.01. The van der Waals surface area contributed by atoms with E-state index in [1.165, 1.54) is 36.7 Å². The second-order valence-electron chi connectivity index (χ2n) is 8.10. The number of benzene rings is 1. The lowest BCUT2D eigenvalue weighted by Gasteiger charge is -2.22. The Hall–Kier alpha value is -3.13. The van der Waals surface area contributed by atoms with E-state index < -0.39 is 11.5 Å². The maximum atomic E-state index is 12.9. The third kappa shape index (κ3) is 6.20. The van der Waals surface area contributed by atoms with Crippen LogP contribution in [0.2, 0.25) is 0 Å². The fourth-order valence-electron chi connectivity index (χ4n) is 4.01. The molecule has 0 bridgehead atoms. The van der Waals surface area contributed by atoms with Crippen LogP contribution in [0.3, 0.4) is 0 Å². The van der Waals surface area contributed by atoms with Crippen LogP contribution in [0.4, 0.5) is 0 Å². The zero-order valence-corrected chi connectivity index (χ0v) is 18.8. The van der Waals surface area contributed by atoms with Gasteiger partial charge >= 0.3 is 0 Å². The van der Waals surface area contributed by atoms with E-state index in [1.807, 2.05) is 24.3 Å². The maximum absolute atomic E-state index is 12.9. The van der Waals surface area contributed by atoms with Crippen molar-refractivity contribution < 1.29 is 14.3 Å². The van der Waals surface area contributed by atoms with E-state index in [0.717, 1.165) is 31.5 Å². The molecule has 32 heavy (non-hydrogen) atoms. The van der Waals surface area contributed by atoms with Crippen molar-refractivity contribution in [3.05, 3.63) is 63.6 Å². The van der Waals surface area contributed by atoms with E-state index in [9.17, 15) is 14.4 Å². The van der Waals surface area contributed by atoms with Gasteiger partial charge < -0.3 is 25.3 Å². The molecule has 0 radical (unpaired) electrons. The van der Waals surface area contributed by atoms with Crippen molar-refractivity contribution in [3.63, 3.8) is 0 Å². The van der Waals surface area contributed by atoms with E-state index in [0.29, 0.717) is 18.2 Å². The second kappa shape index (κ2) is 11.5. The lowest BCUT2D eigenvalue weighted by Crippen LogP contribution is -2.34. The van der Waals surface area contributed by atoms with Gasteiger partial charge in [0.05, 0.1) is 19.2 Å². The van der Waals surface area contributed by atoms with Gasteiger partial charge in [0.2, 0.25) is 0 Å². The van der Waals surface area contributed by atoms with Crippen LogP contribution in [-0.4, -0.2) is 50.2 Å². The molecule has 0 atom stereocenters. The van der Waals surface area contributed by atoms with Crippen molar-refractivity contribution in [3.8, 4) is 5.75 Å². The summed E-state index contributed by atoms with van der Waals surface area (Å²) in [5, 5.41) is 8.77. The maximum Gasteiger partial charge on any atom is 0.263 e. The van der Waals surface area contributed by atoms with E-state index in [4.69, 9.17) is 4.74 Å². The minimum atomic E-state index is -0.519. The summed E-state index contributed by atoms with van der Waals surface area (Å²) in [6.07, 6.45) is 5.86. The van der Waals surface area contributed by atoms with Crippen LogP contribution >= 0.6 is 0 Å². The number of nitrogens with zero attached hydrogens (tertiary/aromatic N) is 1. The smallest absolute Gasteiger partial charge is 0.263 e. The monoisotopic (exact) mass is 440 g/mol. The van der Waals surface area contributed by atoms with Gasteiger partial charge in [0, 0.05) is 19.8 Å². The number of ether oxygens (including phenoxy) is 1. The largest absolute Gasteiger partial charge is 0.497 e. The van der Waals surface area contributed by atoms with Gasteiger partial charge in [0.15, 0.2) is 0 Å². The molecule has 1 aromatic carbocycles. The van der Waals surface area contributed by atoms with Gasteiger partial charge in [-0.05, 0) is 68.5 Å². The Labute approximate surface area is 188 Å². The molecule has 3 rings (SSSR count). The second-order valence-corrected chi connectivity index (χ2v) is 8.10. The van der Waals surface area contributed by atoms with Crippen LogP contribution in [0, 0.1) is 5.92 Å². The molecule has 2 heterocycles. The predicted octanol–water partition coefficient (Wildman–Crippen LogP) is 1.77. The van der Waals surface area contributed by atoms with Crippen molar-refractivity contribution in [2.75, 3.05) is 33.8 Å². The Morgan fingerprint density at radius 2 is 1.97 bits per heavy atom. The van der Waals surface area contributed by atoms with Crippen LogP contribution in [-0.2, 0) is 6.54 Å². The third-order valence-electron chi connectivity index (χ3n) is 5.84. The summed E-state index contributed by atoms with van der Waals surface area (Å²) in [6, 6.07) is 8.70. The zero-order chi connectivity index (χ0) is 22.9. The number of hydrogen-bond acceptors (Lipinski definition) is 5. The molecule has 0 saturated carbocycles. The van der Waals surface area contributed by atoms with Gasteiger partial charge in [-0.3, -0.25) is 14.4 Å². The molecule has 3 N–H and O–H groups in total. The quantitative estimate of drug-likeness (QED) is 0.516. The lowest BCUT2D eigenvalue weighted by atomic mass is 9.93. The molecule has 0 unspecified atom stereocenters. The predicted molar refractivity (Wildman–Crippen MR) is 123 cm³/mol. The van der Waals surface area contributed by atoms with Crippen LogP contribution in [0.5, 0.6) is 5.75 Å². The summed E-state index contributed by atoms with van der Waals surface area (Å²) in [5.41, 5.74) is 0.606. The molecular formula is C24H32N4O4. The molecule has 2 aromatic rings. The molecule has 1 saturated heterocycles. The van der Waals surface area contributed by atoms with E-state index in [1.54, 1.807) is 7.11 Å². The summed E-state index contributed by atoms with van der Waals surface area (Å²) >= 11 is 0. The van der Waals surface area contributed by atoms with Gasteiger partial charge in [-0.2, -0.15) is 0 Å². The number of pyridine rings is 1. The van der Waals surface area contributed by atoms with Gasteiger partial charge in [-0.1, -0.05) is 12.1 Å². The summed E-state index contributed by atoms with van der Waals surface area (Å²) in [7, 11) is 3.03. The average molecular weight is 441 g/mol. The Bertz CT molecular complexity index is 996. The Morgan fingerprint density at radius 1 is 1.19 bits per heavy atom. The highest BCUT2D eigenvalue weighted by Gasteiger charge is 2.17. The first-order chi connectivity index (χ1) is 15.5. The first-order valence-electron chi connectivity index (χ1n) is 11.1. The molecule has 1 fully saturated rings. The van der Waals surface area contributed by atoms with Crippen molar-refractivity contribution in [1.82, 2.24) is 20.5 Å². The Morgan fingerprint density at radius 3 is 2.69 bits per heavy atom. The minimum Gasteiger partial charge on any atom is -0.497 e. The molecule has 172 valence electrons. The molecule has 1 aliphatic heterocycles. The number of hydrogen-bond donors (Lipinski definition) is 3. The molecule has 1 aliphatic rings. The van der Waals surface area contributed by atoms with Crippen LogP contribution in [0.1, 0.15) is 52.0 Å². The summed E-state index contributed by atoms with van der Waals surface area (Å²) in [4.78, 5) is 37.9. The Balaban J connectivity index is 1.73. The van der Waals surface area contributed by atoms with Gasteiger partial charge in [-0.15, -0.1) is 0 Å². The number of rotatable bonds is 9. The van der Waals surface area contributed by atoms with Gasteiger partial charge in [-0.25, -0.2) is 0 Å². The molecule has 2 amide bonds. The zero-order valence-electron chi connectivity index (χ0n) is 18.8. The first-order valence-corrected chi connectivity index (χ1v) is 11.1. The molecule has 0 aliphatic carbocycles. The molecule has 8 nitrogen and oxygen atoms in total. The lowest BCUT2D eigenvalue weighted by molar-refractivity contribution is 0.0951. The topological polar surface area (TPSA) is 101 Å². The summed E-state index contributed by atoms with van der Waals surface area (Å²) in [6.45, 7) is 2.91. The van der Waals surface area contributed by atoms with Crippen LogP contribution in [0.15, 0.2) is 41.3 Å². The number of aromatic nitrogens is 1. The van der Waals surface area contributed by atoms with Gasteiger partial charge in [0.25, 0.3) is 17.4 Å².